The van der Waals surface area contributed by atoms with Crippen molar-refractivity contribution in [3.05, 3.63) is 77.9 Å². The predicted octanol–water partition coefficient (Wildman–Crippen LogP) is 8.16. The fourth-order valence-corrected chi connectivity index (χ4v) is 8.64. The van der Waals surface area contributed by atoms with E-state index < -0.39 is 0 Å². The van der Waals surface area contributed by atoms with E-state index in [4.69, 9.17) is 9.47 Å². The standard InChI is InChI=1S/C38H44N2O4S/c41-29-14-19-32-35(26-29)45-38(28-12-15-30(16-13-28)43-25-24-39-20-6-7-21-39)36(32)37(42)27-10-17-31(18-11-27)44-34-9-3-2-8-33(34)40-22-4-1-5-23-40/h10-19,26,33-34,41H,1-9,20-25H2/t33?,34-/m0/s1. The molecule has 7 rings (SSSR count). The highest BCUT2D eigenvalue weighted by molar-refractivity contribution is 7.22. The van der Waals surface area contributed by atoms with Gasteiger partial charge >= 0.3 is 0 Å². The summed E-state index contributed by atoms with van der Waals surface area (Å²) in [6.45, 7) is 6.31. The van der Waals surface area contributed by atoms with Gasteiger partial charge in [0.2, 0.25) is 0 Å². The average Bonchev–Trinajstić information content (AvgIpc) is 3.74. The van der Waals surface area contributed by atoms with Crippen molar-refractivity contribution < 1.29 is 19.4 Å². The quantitative estimate of drug-likeness (QED) is 0.180. The summed E-state index contributed by atoms with van der Waals surface area (Å²) in [7, 11) is 0. The number of phenols is 1. The molecule has 45 heavy (non-hydrogen) atoms. The summed E-state index contributed by atoms with van der Waals surface area (Å²) < 4.78 is 13.5. The number of rotatable bonds is 10. The molecule has 0 amide bonds. The molecule has 3 aliphatic rings. The maximum atomic E-state index is 14.2. The van der Waals surface area contributed by atoms with E-state index in [0.29, 0.717) is 23.8 Å². The predicted molar refractivity (Wildman–Crippen MR) is 182 cm³/mol. The van der Waals surface area contributed by atoms with E-state index in [9.17, 15) is 9.90 Å². The van der Waals surface area contributed by atoms with Crippen LogP contribution in [0.1, 0.15) is 73.7 Å². The van der Waals surface area contributed by atoms with Crippen LogP contribution in [-0.4, -0.2) is 72.2 Å². The first-order valence-corrected chi connectivity index (χ1v) is 17.7. The van der Waals surface area contributed by atoms with E-state index in [0.717, 1.165) is 58.1 Å². The lowest BCUT2D eigenvalue weighted by atomic mass is 9.90. The summed E-state index contributed by atoms with van der Waals surface area (Å²) in [5.41, 5.74) is 2.27. The number of carbonyl (C=O) groups is 1. The molecule has 1 unspecified atom stereocenters. The van der Waals surface area contributed by atoms with Crippen molar-refractivity contribution >= 4 is 27.2 Å². The normalized spacial score (nSPS) is 21.2. The second-order valence-corrected chi connectivity index (χ2v) is 13.9. The fraction of sp³-hybridized carbons (Fsp3) is 0.447. The van der Waals surface area contributed by atoms with Crippen molar-refractivity contribution in [2.45, 2.75) is 69.9 Å². The summed E-state index contributed by atoms with van der Waals surface area (Å²) in [6.07, 6.45) is 11.4. The Bertz CT molecular complexity index is 1590. The fourth-order valence-electron chi connectivity index (χ4n) is 7.40. The molecule has 6 nitrogen and oxygen atoms in total. The van der Waals surface area contributed by atoms with Gasteiger partial charge in [-0.25, -0.2) is 0 Å². The summed E-state index contributed by atoms with van der Waals surface area (Å²) in [4.78, 5) is 20.2. The molecule has 2 atom stereocenters. The van der Waals surface area contributed by atoms with E-state index in [2.05, 4.69) is 9.80 Å². The van der Waals surface area contributed by atoms with Crippen LogP contribution in [0.15, 0.2) is 66.7 Å². The Hall–Kier alpha value is -3.39. The van der Waals surface area contributed by atoms with Gasteiger partial charge in [-0.3, -0.25) is 14.6 Å². The lowest BCUT2D eigenvalue weighted by Crippen LogP contribution is -2.49. The molecular weight excluding hydrogens is 580 g/mol. The molecule has 7 heteroatoms. The molecule has 2 aliphatic heterocycles. The molecule has 0 spiro atoms. The molecule has 0 radical (unpaired) electrons. The maximum absolute atomic E-state index is 14.2. The van der Waals surface area contributed by atoms with Crippen molar-refractivity contribution in [2.75, 3.05) is 39.3 Å². The average molecular weight is 625 g/mol. The zero-order valence-corrected chi connectivity index (χ0v) is 26.9. The number of fused-ring (bicyclic) bond motifs is 1. The second-order valence-electron chi connectivity index (χ2n) is 12.9. The van der Waals surface area contributed by atoms with Gasteiger partial charge in [-0.2, -0.15) is 0 Å². The number of phenolic OH excluding ortho intramolecular Hbond substituents is 1. The zero-order chi connectivity index (χ0) is 30.6. The highest BCUT2D eigenvalue weighted by Crippen LogP contribution is 2.42. The first kappa shape index (κ1) is 30.3. The highest BCUT2D eigenvalue weighted by Gasteiger charge is 2.32. The zero-order valence-electron chi connectivity index (χ0n) is 26.1. The van der Waals surface area contributed by atoms with Crippen molar-refractivity contribution in [1.29, 1.82) is 0 Å². The Balaban J connectivity index is 1.09. The molecule has 3 fully saturated rings. The first-order valence-electron chi connectivity index (χ1n) is 16.9. The van der Waals surface area contributed by atoms with Gasteiger partial charge < -0.3 is 14.6 Å². The van der Waals surface area contributed by atoms with E-state index >= 15 is 0 Å². The third kappa shape index (κ3) is 6.91. The van der Waals surface area contributed by atoms with Crippen molar-refractivity contribution in [2.24, 2.45) is 0 Å². The Morgan fingerprint density at radius 2 is 1.51 bits per heavy atom. The van der Waals surface area contributed by atoms with Crippen LogP contribution in [0.2, 0.25) is 0 Å². The van der Waals surface area contributed by atoms with Crippen molar-refractivity contribution in [3.63, 3.8) is 0 Å². The summed E-state index contributed by atoms with van der Waals surface area (Å²) >= 11 is 1.54. The van der Waals surface area contributed by atoms with Crippen molar-refractivity contribution in [3.8, 4) is 27.7 Å². The third-order valence-electron chi connectivity index (χ3n) is 9.82. The third-order valence-corrected chi connectivity index (χ3v) is 11.0. The number of hydrogen-bond acceptors (Lipinski definition) is 7. The van der Waals surface area contributed by atoms with Crippen molar-refractivity contribution in [1.82, 2.24) is 9.80 Å². The molecule has 236 valence electrons. The summed E-state index contributed by atoms with van der Waals surface area (Å²) in [6, 6.07) is 21.5. The number of aromatic hydroxyl groups is 1. The van der Waals surface area contributed by atoms with Crippen LogP contribution in [0, 0.1) is 0 Å². The molecule has 4 aromatic rings. The van der Waals surface area contributed by atoms with Gasteiger partial charge in [-0.1, -0.05) is 12.8 Å². The molecular formula is C38H44N2O4S. The molecule has 1 aliphatic carbocycles. The number of hydrogen-bond donors (Lipinski definition) is 1. The van der Waals surface area contributed by atoms with Gasteiger partial charge in [0.05, 0.1) is 0 Å². The minimum Gasteiger partial charge on any atom is -0.508 e. The van der Waals surface area contributed by atoms with Gasteiger partial charge in [-0.05, 0) is 143 Å². The molecule has 1 aromatic heterocycles. The summed E-state index contributed by atoms with van der Waals surface area (Å²) in [5, 5.41) is 11.1. The maximum Gasteiger partial charge on any atom is 0.195 e. The molecule has 1 N–H and O–H groups in total. The smallest absolute Gasteiger partial charge is 0.195 e. The van der Waals surface area contributed by atoms with Gasteiger partial charge in [0, 0.05) is 38.7 Å². The number of benzene rings is 3. The van der Waals surface area contributed by atoms with E-state index in [-0.39, 0.29) is 17.6 Å². The largest absolute Gasteiger partial charge is 0.508 e. The van der Waals surface area contributed by atoms with Crippen LogP contribution in [0.5, 0.6) is 17.2 Å². The monoisotopic (exact) mass is 624 g/mol. The van der Waals surface area contributed by atoms with Gasteiger partial charge in [-0.15, -0.1) is 11.3 Å². The molecule has 3 aromatic carbocycles. The number of ketones is 1. The minimum atomic E-state index is -0.0247. The van der Waals surface area contributed by atoms with Crippen LogP contribution in [0.3, 0.4) is 0 Å². The number of nitrogens with zero attached hydrogens (tertiary/aromatic N) is 2. The number of likely N-dealkylation sites (tertiary alicyclic amines) is 2. The molecule has 1 saturated carbocycles. The van der Waals surface area contributed by atoms with Gasteiger partial charge in [0.15, 0.2) is 5.78 Å². The van der Waals surface area contributed by atoms with E-state index in [1.807, 2.05) is 54.6 Å². The van der Waals surface area contributed by atoms with Crippen LogP contribution < -0.4 is 9.47 Å². The Morgan fingerprint density at radius 3 is 2.29 bits per heavy atom. The van der Waals surface area contributed by atoms with Gasteiger partial charge in [0.25, 0.3) is 0 Å². The van der Waals surface area contributed by atoms with Crippen LogP contribution in [0.4, 0.5) is 0 Å². The number of piperidine rings is 1. The van der Waals surface area contributed by atoms with E-state index in [1.165, 1.54) is 75.8 Å². The van der Waals surface area contributed by atoms with Crippen LogP contribution in [0.25, 0.3) is 20.5 Å². The number of carbonyl (C=O) groups excluding carboxylic acids is 1. The second kappa shape index (κ2) is 13.9. The minimum absolute atomic E-state index is 0.0247. The number of ether oxygens (including phenoxy) is 2. The Labute approximate surface area is 270 Å². The van der Waals surface area contributed by atoms with Crippen LogP contribution in [-0.2, 0) is 0 Å². The Kier molecular flexibility index (Phi) is 9.38. The topological polar surface area (TPSA) is 62.2 Å². The Morgan fingerprint density at radius 1 is 0.800 bits per heavy atom. The highest BCUT2D eigenvalue weighted by atomic mass is 32.1. The molecule has 2 saturated heterocycles. The molecule has 3 heterocycles. The van der Waals surface area contributed by atoms with E-state index in [1.54, 1.807) is 12.1 Å². The first-order chi connectivity index (χ1) is 22.1. The van der Waals surface area contributed by atoms with Crippen LogP contribution >= 0.6 is 11.3 Å². The SMILES string of the molecule is O=C(c1ccc(O[C@H]2CCCCC2N2CCCCC2)cc1)c1c(-c2ccc(OCCN3CCCC3)cc2)sc2cc(O)ccc12. The molecule has 0 bridgehead atoms. The summed E-state index contributed by atoms with van der Waals surface area (Å²) in [5.74, 6) is 1.84. The lowest BCUT2D eigenvalue weighted by Gasteiger charge is -2.41. The van der Waals surface area contributed by atoms with Gasteiger partial charge in [0.1, 0.15) is 30.0 Å². The lowest BCUT2D eigenvalue weighted by molar-refractivity contribution is 0.0261. The number of thiophene rings is 1.